The Balaban J connectivity index is 2.34. The largest absolute Gasteiger partial charge is 0.465 e. The van der Waals surface area contributed by atoms with Gasteiger partial charge in [0.05, 0.1) is 12.7 Å². The molecule has 0 amide bonds. The van der Waals surface area contributed by atoms with E-state index in [1.807, 2.05) is 36.4 Å². The molecule has 0 saturated carbocycles. The first-order chi connectivity index (χ1) is 9.74. The quantitative estimate of drug-likeness (QED) is 0.611. The summed E-state index contributed by atoms with van der Waals surface area (Å²) in [5.74, 6) is 5.77. The molecular formula is C18H14O2. The third-order valence-corrected chi connectivity index (χ3v) is 2.80. The molecule has 0 aliphatic rings. The predicted octanol–water partition coefficient (Wildman–Crippen LogP) is 3.52. The van der Waals surface area contributed by atoms with Crippen LogP contribution in [0.1, 0.15) is 27.0 Å². The minimum atomic E-state index is -0.373. The first kappa shape index (κ1) is 13.6. The van der Waals surface area contributed by atoms with E-state index in [4.69, 9.17) is 4.74 Å². The van der Waals surface area contributed by atoms with Crippen molar-refractivity contribution in [2.75, 3.05) is 7.11 Å². The zero-order valence-corrected chi connectivity index (χ0v) is 11.2. The van der Waals surface area contributed by atoms with Crippen molar-refractivity contribution in [3.8, 4) is 11.8 Å². The molecule has 0 heterocycles. The van der Waals surface area contributed by atoms with Gasteiger partial charge in [0.1, 0.15) is 0 Å². The van der Waals surface area contributed by atoms with Gasteiger partial charge in [0.25, 0.3) is 0 Å². The summed E-state index contributed by atoms with van der Waals surface area (Å²) >= 11 is 0. The molecule has 2 rings (SSSR count). The van der Waals surface area contributed by atoms with Crippen molar-refractivity contribution in [2.45, 2.75) is 0 Å². The van der Waals surface area contributed by atoms with Gasteiger partial charge in [0, 0.05) is 11.1 Å². The van der Waals surface area contributed by atoms with Gasteiger partial charge in [0.15, 0.2) is 0 Å². The Morgan fingerprint density at radius 3 is 2.45 bits per heavy atom. The maximum atomic E-state index is 11.6. The summed E-state index contributed by atoms with van der Waals surface area (Å²) in [6.45, 7) is 3.71. The van der Waals surface area contributed by atoms with E-state index in [9.17, 15) is 4.79 Å². The molecule has 2 aromatic rings. The highest BCUT2D eigenvalue weighted by Gasteiger charge is 2.09. The zero-order valence-electron chi connectivity index (χ0n) is 11.2. The molecule has 0 bridgehead atoms. The molecule has 0 unspecified atom stereocenters. The number of hydrogen-bond donors (Lipinski definition) is 0. The maximum Gasteiger partial charge on any atom is 0.338 e. The molecule has 98 valence electrons. The van der Waals surface area contributed by atoms with Gasteiger partial charge < -0.3 is 4.74 Å². The molecule has 0 spiro atoms. The SMILES string of the molecule is C=Cc1cc(C#Cc2ccccc2)ccc1C(=O)OC. The molecule has 0 aliphatic heterocycles. The topological polar surface area (TPSA) is 26.3 Å². The lowest BCUT2D eigenvalue weighted by molar-refractivity contribution is 0.0600. The lowest BCUT2D eigenvalue weighted by Crippen LogP contribution is -2.03. The molecule has 2 nitrogen and oxygen atoms in total. The lowest BCUT2D eigenvalue weighted by atomic mass is 10.0. The van der Waals surface area contributed by atoms with Crippen LogP contribution in [-0.4, -0.2) is 13.1 Å². The van der Waals surface area contributed by atoms with Crippen LogP contribution in [0.15, 0.2) is 55.1 Å². The number of rotatable bonds is 2. The van der Waals surface area contributed by atoms with Crippen LogP contribution in [-0.2, 0) is 4.74 Å². The summed E-state index contributed by atoms with van der Waals surface area (Å²) in [6, 6.07) is 15.1. The van der Waals surface area contributed by atoms with E-state index in [-0.39, 0.29) is 5.97 Å². The number of methoxy groups -OCH3 is 1. The fourth-order valence-corrected chi connectivity index (χ4v) is 1.77. The lowest BCUT2D eigenvalue weighted by Gasteiger charge is -2.04. The summed E-state index contributed by atoms with van der Waals surface area (Å²) in [6.07, 6.45) is 1.62. The normalized spacial score (nSPS) is 9.25. The molecule has 2 heteroatoms. The number of carbonyl (C=O) groups excluding carboxylic acids is 1. The highest BCUT2D eigenvalue weighted by atomic mass is 16.5. The van der Waals surface area contributed by atoms with Gasteiger partial charge in [0.2, 0.25) is 0 Å². The Kier molecular flexibility index (Phi) is 4.36. The predicted molar refractivity (Wildman–Crippen MR) is 80.3 cm³/mol. The van der Waals surface area contributed by atoms with Gasteiger partial charge in [-0.3, -0.25) is 0 Å². The maximum absolute atomic E-state index is 11.6. The third kappa shape index (κ3) is 3.15. The zero-order chi connectivity index (χ0) is 14.4. The fraction of sp³-hybridized carbons (Fsp3) is 0.0556. The number of hydrogen-bond acceptors (Lipinski definition) is 2. The molecule has 0 N–H and O–H groups in total. The monoisotopic (exact) mass is 262 g/mol. The molecule has 20 heavy (non-hydrogen) atoms. The Labute approximate surface area is 118 Å². The Morgan fingerprint density at radius 1 is 1.10 bits per heavy atom. The second-order valence-electron chi connectivity index (χ2n) is 4.11. The van der Waals surface area contributed by atoms with Gasteiger partial charge in [-0.2, -0.15) is 0 Å². The highest BCUT2D eigenvalue weighted by Crippen LogP contribution is 2.14. The summed E-state index contributed by atoms with van der Waals surface area (Å²) in [5.41, 5.74) is 2.99. The van der Waals surface area contributed by atoms with Gasteiger partial charge in [-0.25, -0.2) is 4.79 Å². The molecule has 0 radical (unpaired) electrons. The standard InChI is InChI=1S/C18H14O2/c1-3-16-13-15(11-12-17(16)18(19)20-2)10-9-14-7-5-4-6-8-14/h3-8,11-13H,1H2,2H3. The van der Waals surface area contributed by atoms with E-state index in [1.165, 1.54) is 7.11 Å². The van der Waals surface area contributed by atoms with Crippen molar-refractivity contribution in [2.24, 2.45) is 0 Å². The van der Waals surface area contributed by atoms with Crippen molar-refractivity contribution in [3.05, 3.63) is 77.4 Å². The fourth-order valence-electron chi connectivity index (χ4n) is 1.77. The van der Waals surface area contributed by atoms with Crippen molar-refractivity contribution in [1.29, 1.82) is 0 Å². The van der Waals surface area contributed by atoms with Crippen LogP contribution < -0.4 is 0 Å². The van der Waals surface area contributed by atoms with Crippen LogP contribution in [0.2, 0.25) is 0 Å². The van der Waals surface area contributed by atoms with Crippen molar-refractivity contribution < 1.29 is 9.53 Å². The minimum Gasteiger partial charge on any atom is -0.465 e. The average molecular weight is 262 g/mol. The first-order valence-corrected chi connectivity index (χ1v) is 6.16. The molecule has 2 aromatic carbocycles. The average Bonchev–Trinajstić information content (AvgIpc) is 2.52. The highest BCUT2D eigenvalue weighted by molar-refractivity contribution is 5.93. The van der Waals surface area contributed by atoms with E-state index in [2.05, 4.69) is 18.4 Å². The van der Waals surface area contributed by atoms with Crippen molar-refractivity contribution in [3.63, 3.8) is 0 Å². The van der Waals surface area contributed by atoms with E-state index >= 15 is 0 Å². The van der Waals surface area contributed by atoms with Gasteiger partial charge >= 0.3 is 5.97 Å². The number of carbonyl (C=O) groups is 1. The van der Waals surface area contributed by atoms with Crippen LogP contribution in [0.25, 0.3) is 6.08 Å². The summed E-state index contributed by atoms with van der Waals surface area (Å²) < 4.78 is 4.73. The Hall–Kier alpha value is -2.79. The molecule has 0 atom stereocenters. The van der Waals surface area contributed by atoms with Gasteiger partial charge in [-0.1, -0.05) is 42.7 Å². The molecule has 0 aromatic heterocycles. The van der Waals surface area contributed by atoms with Gasteiger partial charge in [-0.05, 0) is 35.9 Å². The molecule has 0 fully saturated rings. The Morgan fingerprint density at radius 2 is 1.80 bits per heavy atom. The third-order valence-electron chi connectivity index (χ3n) is 2.80. The van der Waals surface area contributed by atoms with E-state index in [0.29, 0.717) is 5.56 Å². The summed E-state index contributed by atoms with van der Waals surface area (Å²) in [7, 11) is 1.36. The second-order valence-corrected chi connectivity index (χ2v) is 4.11. The van der Waals surface area contributed by atoms with Crippen LogP contribution in [0.3, 0.4) is 0 Å². The Bertz CT molecular complexity index is 688. The van der Waals surface area contributed by atoms with Crippen molar-refractivity contribution >= 4 is 12.0 Å². The van der Waals surface area contributed by atoms with E-state index in [1.54, 1.807) is 18.2 Å². The number of esters is 1. The smallest absolute Gasteiger partial charge is 0.338 e. The van der Waals surface area contributed by atoms with E-state index in [0.717, 1.165) is 16.7 Å². The minimum absolute atomic E-state index is 0.373. The van der Waals surface area contributed by atoms with Crippen LogP contribution >= 0.6 is 0 Å². The summed E-state index contributed by atoms with van der Waals surface area (Å²) in [5, 5.41) is 0. The molecule has 0 saturated heterocycles. The van der Waals surface area contributed by atoms with Gasteiger partial charge in [-0.15, -0.1) is 0 Å². The number of benzene rings is 2. The van der Waals surface area contributed by atoms with Crippen LogP contribution in [0, 0.1) is 11.8 Å². The van der Waals surface area contributed by atoms with Crippen molar-refractivity contribution in [1.82, 2.24) is 0 Å². The summed E-state index contributed by atoms with van der Waals surface area (Å²) in [4.78, 5) is 11.6. The number of ether oxygens (including phenoxy) is 1. The first-order valence-electron chi connectivity index (χ1n) is 6.16. The van der Waals surface area contributed by atoms with Crippen LogP contribution in [0.4, 0.5) is 0 Å². The second kappa shape index (κ2) is 6.40. The van der Waals surface area contributed by atoms with Crippen LogP contribution in [0.5, 0.6) is 0 Å². The molecule has 0 aliphatic carbocycles. The van der Waals surface area contributed by atoms with E-state index < -0.39 is 0 Å². The molecular weight excluding hydrogens is 248 g/mol.